The van der Waals surface area contributed by atoms with E-state index in [2.05, 4.69) is 15.0 Å². The van der Waals surface area contributed by atoms with Gasteiger partial charge in [0.15, 0.2) is 5.58 Å². The van der Waals surface area contributed by atoms with Crippen LogP contribution in [0.2, 0.25) is 10.0 Å². The number of ketones is 1. The maximum absolute atomic E-state index is 13.7. The number of hydrogen-bond acceptors (Lipinski definition) is 10. The normalized spacial score (nSPS) is 20.4. The number of carbonyl (C=O) groups excluding carboxylic acids is 5. The van der Waals surface area contributed by atoms with Gasteiger partial charge in [0, 0.05) is 18.0 Å². The number of oxazole rings is 1. The van der Waals surface area contributed by atoms with Gasteiger partial charge >= 0.3 is 5.97 Å². The maximum Gasteiger partial charge on any atom is 0.308 e. The third kappa shape index (κ3) is 7.82. The molecule has 2 aromatic rings. The van der Waals surface area contributed by atoms with Crippen LogP contribution in [0.3, 0.4) is 0 Å². The molecule has 1 aromatic heterocycles. The van der Waals surface area contributed by atoms with Crippen molar-refractivity contribution in [2.75, 3.05) is 12.8 Å². The highest BCUT2D eigenvalue weighted by molar-refractivity contribution is 7.88. The number of Topliss-reactive ketones (excluding diaryl/α,β-unsaturated/α-hetero) is 1. The second kappa shape index (κ2) is 12.4. The lowest BCUT2D eigenvalue weighted by atomic mass is 10.0. The van der Waals surface area contributed by atoms with Gasteiger partial charge < -0.3 is 14.5 Å². The molecule has 43 heavy (non-hydrogen) atoms. The van der Waals surface area contributed by atoms with Crippen molar-refractivity contribution in [1.29, 1.82) is 0 Å². The molecule has 14 nitrogen and oxygen atoms in total. The molecule has 3 heterocycles. The number of carbonyl (C=O) groups is 5. The Bertz CT molecular complexity index is 1590. The lowest BCUT2D eigenvalue weighted by Gasteiger charge is -2.43. The Labute approximate surface area is 257 Å². The maximum atomic E-state index is 13.7. The summed E-state index contributed by atoms with van der Waals surface area (Å²) in [6.45, 7) is 5.03. The number of hydrazine groups is 1. The number of hydrogen-bond donors (Lipinski definition) is 2. The predicted octanol–water partition coefficient (Wildman–Crippen LogP) is 1.98. The van der Waals surface area contributed by atoms with Gasteiger partial charge in [-0.05, 0) is 52.2 Å². The highest BCUT2D eigenvalue weighted by Crippen LogP contribution is 2.30. The summed E-state index contributed by atoms with van der Waals surface area (Å²) in [6.07, 6.45) is 0.468. The summed E-state index contributed by atoms with van der Waals surface area (Å²) >= 11 is 12.2. The summed E-state index contributed by atoms with van der Waals surface area (Å²) in [6, 6.07) is -1.32. The average Bonchev–Trinajstić information content (AvgIpc) is 3.27. The Hall–Kier alpha value is -3.27. The Balaban J connectivity index is 1.65. The van der Waals surface area contributed by atoms with Crippen LogP contribution < -0.4 is 10.0 Å². The molecule has 0 bridgehead atoms. The van der Waals surface area contributed by atoms with Gasteiger partial charge in [-0.2, -0.15) is 0 Å². The van der Waals surface area contributed by atoms with Crippen LogP contribution >= 0.6 is 23.2 Å². The number of aromatic nitrogens is 1. The number of benzene rings is 1. The summed E-state index contributed by atoms with van der Waals surface area (Å²) in [5.41, 5.74) is -0.664. The van der Waals surface area contributed by atoms with Crippen molar-refractivity contribution in [2.45, 2.75) is 76.6 Å². The second-order valence-corrected chi connectivity index (χ2v) is 13.9. The smallest absolute Gasteiger partial charge is 0.308 e. The van der Waals surface area contributed by atoms with Crippen molar-refractivity contribution >= 4 is 73.8 Å². The summed E-state index contributed by atoms with van der Waals surface area (Å²) in [4.78, 5) is 70.6. The molecule has 234 valence electrons. The summed E-state index contributed by atoms with van der Waals surface area (Å²) in [5, 5.41) is 4.89. The summed E-state index contributed by atoms with van der Waals surface area (Å²) < 4.78 is 37.0. The Morgan fingerprint density at radius 2 is 1.88 bits per heavy atom. The monoisotopic (exact) mass is 659 g/mol. The van der Waals surface area contributed by atoms with Crippen LogP contribution in [0.25, 0.3) is 11.1 Å². The topological polar surface area (TPSA) is 185 Å². The van der Waals surface area contributed by atoms with E-state index in [1.165, 1.54) is 12.1 Å². The van der Waals surface area contributed by atoms with Crippen LogP contribution in [0.5, 0.6) is 0 Å². The third-order valence-corrected chi connectivity index (χ3v) is 7.78. The molecule has 0 aliphatic carbocycles. The molecular weight excluding hydrogens is 629 g/mol. The van der Waals surface area contributed by atoms with Crippen LogP contribution in [0, 0.1) is 0 Å². The molecule has 0 saturated carbocycles. The molecular formula is C26H31Cl2N5O9S. The largest absolute Gasteiger partial charge is 0.460 e. The fraction of sp³-hybridized carbons (Fsp3) is 0.538. The zero-order chi connectivity index (χ0) is 31.9. The molecule has 3 atom stereocenters. The van der Waals surface area contributed by atoms with E-state index in [4.69, 9.17) is 32.4 Å². The van der Waals surface area contributed by atoms with E-state index in [1.807, 2.05) is 0 Å². The predicted molar refractivity (Wildman–Crippen MR) is 153 cm³/mol. The molecule has 0 radical (unpaired) electrons. The van der Waals surface area contributed by atoms with Gasteiger partial charge in [0.25, 0.3) is 11.8 Å². The number of esters is 1. The minimum absolute atomic E-state index is 0.0674. The molecule has 4 rings (SSSR count). The molecule has 0 unspecified atom stereocenters. The fourth-order valence-electron chi connectivity index (χ4n) is 4.88. The Morgan fingerprint density at radius 1 is 1.19 bits per heavy atom. The van der Waals surface area contributed by atoms with E-state index < -0.39 is 75.5 Å². The summed E-state index contributed by atoms with van der Waals surface area (Å²) in [7, 11) is -3.83. The van der Waals surface area contributed by atoms with Gasteiger partial charge in [0.05, 0.1) is 17.7 Å². The van der Waals surface area contributed by atoms with Gasteiger partial charge in [-0.25, -0.2) is 23.1 Å². The van der Waals surface area contributed by atoms with Gasteiger partial charge in [0.2, 0.25) is 27.6 Å². The molecule has 2 fully saturated rings. The number of halogens is 2. The number of fused-ring (bicyclic) bond motifs is 2. The highest BCUT2D eigenvalue weighted by atomic mass is 35.5. The molecule has 1 aromatic carbocycles. The van der Waals surface area contributed by atoms with Crippen molar-refractivity contribution in [2.24, 2.45) is 0 Å². The van der Waals surface area contributed by atoms with Gasteiger partial charge in [-0.1, -0.05) is 23.2 Å². The van der Waals surface area contributed by atoms with Gasteiger partial charge in [-0.3, -0.25) is 29.0 Å². The lowest BCUT2D eigenvalue weighted by Crippen LogP contribution is -2.64. The van der Waals surface area contributed by atoms with Crippen molar-refractivity contribution in [3.05, 3.63) is 28.1 Å². The second-order valence-electron chi connectivity index (χ2n) is 11.3. The standard InChI is InChI=1S/C26H31Cl2N5O9S/c1-26(2,3)42-20(35)12-16(21(36)24-30-17-11-13(27)10-14(28)22(17)41-24)29-23(37)18-6-5-9-32-19(34)8-7-15(25(38)33(18)32)31-43(4,39)40/h10-11,15-16,18,31H,5-9,12H2,1-4H3,(H,29,37)/t15-,16-,18-/m0/s1. The molecule has 17 heteroatoms. The van der Waals surface area contributed by atoms with E-state index in [1.54, 1.807) is 20.8 Å². The van der Waals surface area contributed by atoms with Crippen LogP contribution in [0.4, 0.5) is 0 Å². The molecule has 2 saturated heterocycles. The quantitative estimate of drug-likeness (QED) is 0.313. The van der Waals surface area contributed by atoms with Gasteiger partial charge in [-0.15, -0.1) is 0 Å². The highest BCUT2D eigenvalue weighted by Gasteiger charge is 2.45. The Kier molecular flexibility index (Phi) is 9.40. The molecule has 3 amide bonds. The van der Waals surface area contributed by atoms with Crippen molar-refractivity contribution in [1.82, 2.24) is 25.0 Å². The van der Waals surface area contributed by atoms with Gasteiger partial charge in [0.1, 0.15) is 29.2 Å². The Morgan fingerprint density at radius 3 is 2.53 bits per heavy atom. The van der Waals surface area contributed by atoms with E-state index in [9.17, 15) is 32.4 Å². The first-order chi connectivity index (χ1) is 19.9. The first kappa shape index (κ1) is 32.6. The van der Waals surface area contributed by atoms with E-state index in [-0.39, 0.29) is 47.0 Å². The van der Waals surface area contributed by atoms with Crippen molar-refractivity contribution in [3.63, 3.8) is 0 Å². The first-order valence-electron chi connectivity index (χ1n) is 13.4. The van der Waals surface area contributed by atoms with Crippen LogP contribution in [-0.4, -0.2) is 89.4 Å². The molecule has 2 aliphatic heterocycles. The molecule has 0 spiro atoms. The number of nitrogens with one attached hydrogen (secondary N) is 2. The van der Waals surface area contributed by atoms with Crippen LogP contribution in [-0.2, 0) is 33.9 Å². The first-order valence-corrected chi connectivity index (χ1v) is 16.0. The van der Waals surface area contributed by atoms with E-state index in [0.29, 0.717) is 6.42 Å². The average molecular weight is 661 g/mol. The fourth-order valence-corrected chi connectivity index (χ4v) is 6.14. The number of rotatable bonds is 8. The third-order valence-electron chi connectivity index (χ3n) is 6.56. The zero-order valence-electron chi connectivity index (χ0n) is 23.8. The van der Waals surface area contributed by atoms with Crippen molar-refractivity contribution < 1.29 is 41.5 Å². The van der Waals surface area contributed by atoms with Crippen LogP contribution in [0.1, 0.15) is 63.6 Å². The number of amides is 3. The lowest BCUT2D eigenvalue weighted by molar-refractivity contribution is -0.176. The minimum Gasteiger partial charge on any atom is -0.460 e. The minimum atomic E-state index is -3.83. The molecule has 2 aliphatic rings. The summed E-state index contributed by atoms with van der Waals surface area (Å²) in [5.74, 6) is -4.28. The van der Waals surface area contributed by atoms with E-state index in [0.717, 1.165) is 16.3 Å². The number of nitrogens with zero attached hydrogens (tertiary/aromatic N) is 3. The number of ether oxygens (including phenoxy) is 1. The number of sulfonamides is 1. The van der Waals surface area contributed by atoms with Crippen LogP contribution in [0.15, 0.2) is 16.5 Å². The molecule has 2 N–H and O–H groups in total. The van der Waals surface area contributed by atoms with E-state index >= 15 is 0 Å². The van der Waals surface area contributed by atoms with Crippen molar-refractivity contribution in [3.8, 4) is 0 Å². The zero-order valence-corrected chi connectivity index (χ0v) is 26.1. The SMILES string of the molecule is CC(C)(C)OC(=O)C[C@H](NC(=O)[C@@H]1CCCN2C(=O)CC[C@H](NS(C)(=O)=O)C(=O)N12)C(=O)c1nc2cc(Cl)cc(Cl)c2o1.